The Morgan fingerprint density at radius 1 is 1.21 bits per heavy atom. The molecule has 1 aromatic carbocycles. The van der Waals surface area contributed by atoms with Crippen molar-refractivity contribution in [2.24, 2.45) is 0 Å². The summed E-state index contributed by atoms with van der Waals surface area (Å²) in [7, 11) is 1.94. The second-order valence-corrected chi connectivity index (χ2v) is 9.40. The van der Waals surface area contributed by atoms with E-state index in [-0.39, 0.29) is 25.1 Å². The fourth-order valence-electron chi connectivity index (χ4n) is 4.75. The number of hydrogen-bond acceptors (Lipinski definition) is 7. The van der Waals surface area contributed by atoms with Gasteiger partial charge in [0.25, 0.3) is 0 Å². The summed E-state index contributed by atoms with van der Waals surface area (Å²) in [6, 6.07) is 5.88. The van der Waals surface area contributed by atoms with Crippen molar-refractivity contribution in [3.8, 4) is 16.9 Å². The molecule has 2 N–H and O–H groups in total. The number of pyridine rings is 1. The van der Waals surface area contributed by atoms with Crippen molar-refractivity contribution >= 4 is 22.5 Å². The predicted octanol–water partition coefficient (Wildman–Crippen LogP) is 3.11. The van der Waals surface area contributed by atoms with Crippen molar-refractivity contribution in [2.45, 2.75) is 44.4 Å². The number of likely N-dealkylation sites (N-methyl/N-ethyl adjacent to an activating group) is 1. The van der Waals surface area contributed by atoms with Crippen molar-refractivity contribution in [3.05, 3.63) is 42.6 Å². The van der Waals surface area contributed by atoms with Crippen molar-refractivity contribution < 1.29 is 13.9 Å². The maximum atomic E-state index is 14.9. The molecule has 9 heteroatoms. The lowest BCUT2D eigenvalue weighted by Crippen LogP contribution is -2.61. The van der Waals surface area contributed by atoms with E-state index >= 15 is 0 Å². The number of piperidine rings is 1. The number of nitrogens with zero attached hydrogens (tertiary/aromatic N) is 4. The molecule has 0 saturated carbocycles. The van der Waals surface area contributed by atoms with Crippen LogP contribution in [0.2, 0.25) is 0 Å². The SMILES string of the molecule is Cc1ncc(-c2ccc3ncc4cc3c2OCC(F)CNC(=O)C2(C)CC(CCN2C)N4)cn1. The number of amides is 1. The molecule has 0 aliphatic carbocycles. The number of carbonyl (C=O) groups excluding carboxylic acids is 1. The lowest BCUT2D eigenvalue weighted by molar-refractivity contribution is -0.134. The monoisotopic (exact) mass is 464 g/mol. The quantitative estimate of drug-likeness (QED) is 0.572. The molecule has 3 aromatic rings. The molecule has 0 spiro atoms. The number of carbonyl (C=O) groups is 1. The highest BCUT2D eigenvalue weighted by Gasteiger charge is 2.42. The number of likely N-dealkylation sites (tertiary alicyclic amines) is 1. The summed E-state index contributed by atoms with van der Waals surface area (Å²) in [5.74, 6) is 1.02. The molecule has 1 amide bonds. The van der Waals surface area contributed by atoms with E-state index in [1.807, 2.05) is 44.0 Å². The van der Waals surface area contributed by atoms with Crippen LogP contribution in [0.25, 0.3) is 22.0 Å². The summed E-state index contributed by atoms with van der Waals surface area (Å²) >= 11 is 0. The molecule has 3 atom stereocenters. The van der Waals surface area contributed by atoms with Gasteiger partial charge in [0.15, 0.2) is 6.17 Å². The Hall–Kier alpha value is -3.33. The number of aryl methyl sites for hydroxylation is 1. The van der Waals surface area contributed by atoms with E-state index < -0.39 is 11.7 Å². The largest absolute Gasteiger partial charge is 0.489 e. The van der Waals surface area contributed by atoms with Crippen LogP contribution in [0.1, 0.15) is 25.6 Å². The first-order chi connectivity index (χ1) is 16.3. The predicted molar refractivity (Wildman–Crippen MR) is 129 cm³/mol. The van der Waals surface area contributed by atoms with Gasteiger partial charge in [-0.3, -0.25) is 14.7 Å². The third-order valence-corrected chi connectivity index (χ3v) is 6.96. The highest BCUT2D eigenvalue weighted by Crippen LogP contribution is 2.38. The number of nitrogens with one attached hydrogen (secondary N) is 2. The molecule has 2 aliphatic rings. The summed E-state index contributed by atoms with van der Waals surface area (Å²) in [6.07, 6.45) is 5.38. The summed E-state index contributed by atoms with van der Waals surface area (Å²) in [6.45, 7) is 4.18. The van der Waals surface area contributed by atoms with Gasteiger partial charge in [-0.25, -0.2) is 14.4 Å². The van der Waals surface area contributed by atoms with E-state index in [1.54, 1.807) is 18.6 Å². The maximum Gasteiger partial charge on any atom is 0.240 e. The van der Waals surface area contributed by atoms with Gasteiger partial charge in [-0.1, -0.05) is 0 Å². The first kappa shape index (κ1) is 22.5. The molecular formula is C25H29FN6O2. The number of benzene rings is 1. The van der Waals surface area contributed by atoms with Crippen LogP contribution in [-0.2, 0) is 4.79 Å². The Morgan fingerprint density at radius 3 is 2.79 bits per heavy atom. The van der Waals surface area contributed by atoms with Gasteiger partial charge in [0, 0.05) is 41.5 Å². The molecule has 3 unspecified atom stereocenters. The van der Waals surface area contributed by atoms with Crippen LogP contribution < -0.4 is 15.4 Å². The van der Waals surface area contributed by atoms with Crippen LogP contribution >= 0.6 is 0 Å². The second-order valence-electron chi connectivity index (χ2n) is 9.40. The highest BCUT2D eigenvalue weighted by atomic mass is 19.1. The fourth-order valence-corrected chi connectivity index (χ4v) is 4.75. The number of hydrogen-bond donors (Lipinski definition) is 2. The molecule has 1 saturated heterocycles. The molecule has 4 bridgehead atoms. The summed E-state index contributed by atoms with van der Waals surface area (Å²) in [5.41, 5.74) is 2.40. The molecule has 2 aliphatic heterocycles. The molecule has 4 heterocycles. The molecule has 2 aromatic heterocycles. The van der Waals surface area contributed by atoms with Crippen molar-refractivity contribution in [2.75, 3.05) is 32.1 Å². The van der Waals surface area contributed by atoms with E-state index in [2.05, 4.69) is 25.6 Å². The van der Waals surface area contributed by atoms with Crippen LogP contribution in [0.5, 0.6) is 5.75 Å². The number of fused-ring (bicyclic) bond motifs is 3. The second kappa shape index (κ2) is 8.79. The topological polar surface area (TPSA) is 92.3 Å². The lowest BCUT2D eigenvalue weighted by atomic mass is 9.84. The van der Waals surface area contributed by atoms with Gasteiger partial charge in [0.05, 0.1) is 29.5 Å². The average Bonchev–Trinajstić information content (AvgIpc) is 2.83. The molecule has 0 radical (unpaired) electrons. The van der Waals surface area contributed by atoms with Gasteiger partial charge in [-0.05, 0) is 51.9 Å². The molecule has 5 rings (SSSR count). The standard InChI is InChI=1S/C25H29FN6O2/c1-15-27-10-16(11-28-15)20-4-5-22-21-8-19(13-29-22)31-18-6-7-32(3)25(2,9-18)24(33)30-12-17(26)14-34-23(20)21/h4-5,8,10-11,13,17-18,31H,6-7,9,12,14H2,1-3H3,(H,30,33). The minimum atomic E-state index is -1.37. The van der Waals surface area contributed by atoms with Crippen LogP contribution in [0.4, 0.5) is 10.1 Å². The number of anilines is 1. The van der Waals surface area contributed by atoms with Crippen molar-refractivity contribution in [3.63, 3.8) is 0 Å². The smallest absolute Gasteiger partial charge is 0.240 e. The van der Waals surface area contributed by atoms with Crippen molar-refractivity contribution in [1.82, 2.24) is 25.2 Å². The van der Waals surface area contributed by atoms with Gasteiger partial charge in [-0.2, -0.15) is 0 Å². The maximum absolute atomic E-state index is 14.9. The third kappa shape index (κ3) is 4.16. The zero-order chi connectivity index (χ0) is 23.9. The number of ether oxygens (including phenoxy) is 1. The van der Waals surface area contributed by atoms with Gasteiger partial charge >= 0.3 is 0 Å². The van der Waals surface area contributed by atoms with Crippen LogP contribution in [0, 0.1) is 6.92 Å². The Morgan fingerprint density at radius 2 is 2.00 bits per heavy atom. The first-order valence-electron chi connectivity index (χ1n) is 11.6. The van der Waals surface area contributed by atoms with Crippen LogP contribution in [0.15, 0.2) is 36.8 Å². The Labute approximate surface area is 197 Å². The fraction of sp³-hybridized carbons (Fsp3) is 0.440. The lowest BCUT2D eigenvalue weighted by Gasteiger charge is -2.45. The number of halogens is 1. The zero-order valence-corrected chi connectivity index (χ0v) is 19.6. The summed E-state index contributed by atoms with van der Waals surface area (Å²) in [4.78, 5) is 28.3. The summed E-state index contributed by atoms with van der Waals surface area (Å²) in [5, 5.41) is 7.15. The van der Waals surface area contributed by atoms with Gasteiger partial charge in [0.1, 0.15) is 18.2 Å². The number of alkyl halides is 1. The highest BCUT2D eigenvalue weighted by molar-refractivity contribution is 5.94. The number of rotatable bonds is 1. The summed E-state index contributed by atoms with van der Waals surface area (Å²) < 4.78 is 21.0. The van der Waals surface area contributed by atoms with Crippen LogP contribution in [-0.4, -0.2) is 70.3 Å². The third-order valence-electron chi connectivity index (χ3n) is 6.96. The van der Waals surface area contributed by atoms with Crippen molar-refractivity contribution in [1.29, 1.82) is 0 Å². The minimum absolute atomic E-state index is 0.0772. The Kier molecular flexibility index (Phi) is 5.81. The Balaban J connectivity index is 1.60. The van der Waals surface area contributed by atoms with E-state index in [0.29, 0.717) is 18.0 Å². The molecule has 178 valence electrons. The molecule has 1 fully saturated rings. The van der Waals surface area contributed by atoms with E-state index in [1.165, 1.54) is 0 Å². The zero-order valence-electron chi connectivity index (χ0n) is 19.6. The molecule has 34 heavy (non-hydrogen) atoms. The minimum Gasteiger partial charge on any atom is -0.489 e. The normalized spacial score (nSPS) is 25.8. The first-order valence-corrected chi connectivity index (χ1v) is 11.6. The van der Waals surface area contributed by atoms with Gasteiger partial charge < -0.3 is 15.4 Å². The van der Waals surface area contributed by atoms with Gasteiger partial charge in [-0.15, -0.1) is 0 Å². The van der Waals surface area contributed by atoms with E-state index in [4.69, 9.17) is 4.74 Å². The molecule has 8 nitrogen and oxygen atoms in total. The van der Waals surface area contributed by atoms with E-state index in [0.717, 1.165) is 40.7 Å². The van der Waals surface area contributed by atoms with Crippen LogP contribution in [0.3, 0.4) is 0 Å². The average molecular weight is 465 g/mol. The Bertz CT molecular complexity index is 1220. The van der Waals surface area contributed by atoms with E-state index in [9.17, 15) is 9.18 Å². The molecular weight excluding hydrogens is 435 g/mol. The number of aromatic nitrogens is 3. The van der Waals surface area contributed by atoms with Gasteiger partial charge in [0.2, 0.25) is 5.91 Å².